The Kier molecular flexibility index (Phi) is 4.08. The van der Waals surface area contributed by atoms with Crippen molar-refractivity contribution >= 4 is 5.91 Å². The van der Waals surface area contributed by atoms with Gasteiger partial charge in [0.2, 0.25) is 5.91 Å². The molecule has 0 aliphatic heterocycles. The maximum absolute atomic E-state index is 10.9. The minimum Gasteiger partial charge on any atom is -0.349 e. The number of amides is 1. The van der Waals surface area contributed by atoms with E-state index < -0.39 is 0 Å². The van der Waals surface area contributed by atoms with Gasteiger partial charge in [-0.05, 0) is 12.3 Å². The largest absolute Gasteiger partial charge is 0.349 e. The summed E-state index contributed by atoms with van der Waals surface area (Å²) < 4.78 is 0. The van der Waals surface area contributed by atoms with Crippen LogP contribution in [0.5, 0.6) is 0 Å². The van der Waals surface area contributed by atoms with E-state index in [1.54, 1.807) is 25.4 Å². The Balaban J connectivity index is 3.40. The van der Waals surface area contributed by atoms with E-state index in [-0.39, 0.29) is 5.91 Å². The molecular weight excluding hydrogens is 126 g/mol. The van der Waals surface area contributed by atoms with Gasteiger partial charge < -0.3 is 4.90 Å². The second-order valence-corrected chi connectivity index (χ2v) is 2.85. The summed E-state index contributed by atoms with van der Waals surface area (Å²) in [5.74, 6) is 1.34. The standard InChI is InChI=1S/C8H15NO/c1-7(2)5-6-8(10)9(3)4/h6H,5H2,1-4H3. The van der Waals surface area contributed by atoms with Crippen LogP contribution in [0.15, 0.2) is 0 Å². The molecule has 0 aliphatic carbocycles. The summed E-state index contributed by atoms with van der Waals surface area (Å²) in [6.45, 7) is 4.03. The molecule has 10 heavy (non-hydrogen) atoms. The molecule has 0 aliphatic rings. The molecule has 2 radical (unpaired) electrons. The van der Waals surface area contributed by atoms with Crippen molar-refractivity contribution < 1.29 is 4.79 Å². The lowest BCUT2D eigenvalue weighted by molar-refractivity contribution is -0.125. The molecule has 0 N–H and O–H groups in total. The van der Waals surface area contributed by atoms with Gasteiger partial charge in [-0.3, -0.25) is 4.79 Å². The fourth-order valence-corrected chi connectivity index (χ4v) is 0.474. The van der Waals surface area contributed by atoms with Crippen molar-refractivity contribution in [1.82, 2.24) is 4.90 Å². The summed E-state index contributed by atoms with van der Waals surface area (Å²) in [5.41, 5.74) is 0. The highest BCUT2D eigenvalue weighted by Crippen LogP contribution is 2.05. The zero-order valence-corrected chi connectivity index (χ0v) is 7.14. The van der Waals surface area contributed by atoms with Crippen molar-refractivity contribution in [2.75, 3.05) is 14.1 Å². The molecule has 58 valence electrons. The lowest BCUT2D eigenvalue weighted by Crippen LogP contribution is -2.21. The van der Waals surface area contributed by atoms with Gasteiger partial charge in [-0.2, -0.15) is 0 Å². The number of nitrogens with zero attached hydrogens (tertiary/aromatic N) is 1. The highest BCUT2D eigenvalue weighted by atomic mass is 16.2. The first-order valence-electron chi connectivity index (χ1n) is 3.37. The number of carbonyl (C=O) groups excluding carboxylic acids is 1. The van der Waals surface area contributed by atoms with Gasteiger partial charge in [-0.1, -0.05) is 13.8 Å². The molecule has 2 heteroatoms. The van der Waals surface area contributed by atoms with Crippen molar-refractivity contribution in [3.8, 4) is 0 Å². The molecule has 0 bridgehead atoms. The van der Waals surface area contributed by atoms with Gasteiger partial charge in [-0.15, -0.1) is 0 Å². The normalized spacial score (nSPS) is 10.1. The Morgan fingerprint density at radius 2 is 1.90 bits per heavy atom. The van der Waals surface area contributed by atoms with E-state index >= 15 is 0 Å². The third kappa shape index (κ3) is 4.36. The van der Waals surface area contributed by atoms with E-state index in [2.05, 4.69) is 0 Å². The van der Waals surface area contributed by atoms with Crippen LogP contribution in [0.3, 0.4) is 0 Å². The summed E-state index contributed by atoms with van der Waals surface area (Å²) in [6.07, 6.45) is 2.48. The second kappa shape index (κ2) is 4.31. The van der Waals surface area contributed by atoms with E-state index in [1.165, 1.54) is 5.92 Å². The predicted molar refractivity (Wildman–Crippen MR) is 42.2 cm³/mol. The first-order valence-corrected chi connectivity index (χ1v) is 3.37. The van der Waals surface area contributed by atoms with Crippen LogP contribution in [0.4, 0.5) is 0 Å². The van der Waals surface area contributed by atoms with Gasteiger partial charge in [0.05, 0.1) is 6.42 Å². The summed E-state index contributed by atoms with van der Waals surface area (Å²) in [7, 11) is 3.51. The smallest absolute Gasteiger partial charge is 0.225 e. The summed E-state index contributed by atoms with van der Waals surface area (Å²) >= 11 is 0. The van der Waals surface area contributed by atoms with Crippen molar-refractivity contribution in [1.29, 1.82) is 0 Å². The summed E-state index contributed by atoms with van der Waals surface area (Å²) in [4.78, 5) is 12.5. The third-order valence-electron chi connectivity index (χ3n) is 1.13. The highest BCUT2D eigenvalue weighted by molar-refractivity contribution is 5.84. The zero-order chi connectivity index (χ0) is 8.15. The molecule has 0 heterocycles. The minimum absolute atomic E-state index is 0.0844. The Morgan fingerprint density at radius 1 is 1.40 bits per heavy atom. The van der Waals surface area contributed by atoms with Gasteiger partial charge in [0, 0.05) is 14.1 Å². The number of hydrogen-bond donors (Lipinski definition) is 0. The van der Waals surface area contributed by atoms with Gasteiger partial charge in [0.25, 0.3) is 0 Å². The van der Waals surface area contributed by atoms with Gasteiger partial charge in [0.1, 0.15) is 0 Å². The topological polar surface area (TPSA) is 20.3 Å². The Morgan fingerprint density at radius 3 is 2.20 bits per heavy atom. The predicted octanol–water partition coefficient (Wildman–Crippen LogP) is 1.28. The van der Waals surface area contributed by atoms with Crippen molar-refractivity contribution in [3.05, 3.63) is 12.3 Å². The van der Waals surface area contributed by atoms with Crippen LogP contribution in [0, 0.1) is 12.3 Å². The minimum atomic E-state index is 0.0844. The summed E-state index contributed by atoms with van der Waals surface area (Å²) in [5, 5.41) is 0. The van der Waals surface area contributed by atoms with Gasteiger partial charge >= 0.3 is 0 Å². The molecule has 1 amide bonds. The molecule has 0 saturated heterocycles. The molecule has 0 fully saturated rings. The first-order chi connectivity index (χ1) is 4.54. The van der Waals surface area contributed by atoms with Crippen LogP contribution in [-0.4, -0.2) is 24.9 Å². The van der Waals surface area contributed by atoms with E-state index in [0.717, 1.165) is 6.42 Å². The second-order valence-electron chi connectivity index (χ2n) is 2.85. The van der Waals surface area contributed by atoms with E-state index in [0.29, 0.717) is 0 Å². The molecule has 0 rings (SSSR count). The van der Waals surface area contributed by atoms with E-state index in [4.69, 9.17) is 0 Å². The van der Waals surface area contributed by atoms with Crippen molar-refractivity contribution in [3.63, 3.8) is 0 Å². The van der Waals surface area contributed by atoms with E-state index in [9.17, 15) is 4.79 Å². The van der Waals surface area contributed by atoms with Crippen LogP contribution in [0.2, 0.25) is 0 Å². The molecule has 0 aromatic heterocycles. The Bertz CT molecular complexity index is 108. The molecule has 0 unspecified atom stereocenters. The molecule has 0 aromatic carbocycles. The average Bonchev–Trinajstić information content (AvgIpc) is 1.82. The molecule has 0 saturated carbocycles. The number of carbonyl (C=O) groups is 1. The van der Waals surface area contributed by atoms with Crippen LogP contribution < -0.4 is 0 Å². The average molecular weight is 141 g/mol. The van der Waals surface area contributed by atoms with Gasteiger partial charge in [-0.25, -0.2) is 0 Å². The third-order valence-corrected chi connectivity index (χ3v) is 1.13. The quantitative estimate of drug-likeness (QED) is 0.580. The highest BCUT2D eigenvalue weighted by Gasteiger charge is 2.04. The van der Waals surface area contributed by atoms with E-state index in [1.807, 2.05) is 13.8 Å². The number of hydrogen-bond acceptors (Lipinski definition) is 1. The first kappa shape index (κ1) is 9.47. The van der Waals surface area contributed by atoms with Crippen LogP contribution in [0.1, 0.15) is 20.3 Å². The molecular formula is C8H15NO. The summed E-state index contributed by atoms with van der Waals surface area (Å²) in [6, 6.07) is 0. The fraction of sp³-hybridized carbons (Fsp3) is 0.625. The monoisotopic (exact) mass is 141 g/mol. The molecule has 0 spiro atoms. The number of rotatable bonds is 3. The maximum Gasteiger partial charge on any atom is 0.225 e. The van der Waals surface area contributed by atoms with Gasteiger partial charge in [0.15, 0.2) is 0 Å². The van der Waals surface area contributed by atoms with Crippen molar-refractivity contribution in [2.45, 2.75) is 20.3 Å². The van der Waals surface area contributed by atoms with Crippen LogP contribution >= 0.6 is 0 Å². The molecule has 2 nitrogen and oxygen atoms in total. The Hall–Kier alpha value is -0.530. The SMILES string of the molecule is C[C](C)C[CH]C(=O)N(C)C. The Labute approximate surface area is 63.2 Å². The molecule has 0 aromatic rings. The fourth-order valence-electron chi connectivity index (χ4n) is 0.474. The zero-order valence-electron chi connectivity index (χ0n) is 7.14. The maximum atomic E-state index is 10.9. The lowest BCUT2D eigenvalue weighted by atomic mass is 10.1. The van der Waals surface area contributed by atoms with Crippen LogP contribution in [0.25, 0.3) is 0 Å². The van der Waals surface area contributed by atoms with Crippen LogP contribution in [-0.2, 0) is 4.79 Å². The molecule has 0 atom stereocenters. The lowest BCUT2D eigenvalue weighted by Gasteiger charge is -2.09. The van der Waals surface area contributed by atoms with Crippen molar-refractivity contribution in [2.24, 2.45) is 0 Å².